The third-order valence-corrected chi connectivity index (χ3v) is 1.57. The summed E-state index contributed by atoms with van der Waals surface area (Å²) in [6.45, 7) is 7.35. The van der Waals surface area contributed by atoms with Gasteiger partial charge in [-0.2, -0.15) is 0 Å². The van der Waals surface area contributed by atoms with Crippen molar-refractivity contribution < 1.29 is 14.3 Å². The van der Waals surface area contributed by atoms with Crippen LogP contribution in [0, 0.1) is 0 Å². The number of ketones is 1. The van der Waals surface area contributed by atoms with Crippen molar-refractivity contribution in [3.8, 4) is 0 Å². The fraction of sp³-hybridized carbons (Fsp3) is 0.600. The average Bonchev–Trinajstić information content (AvgIpc) is 2.04. The molecule has 0 saturated heterocycles. The van der Waals surface area contributed by atoms with Crippen LogP contribution in [0.5, 0.6) is 0 Å². The zero-order valence-electron chi connectivity index (χ0n) is 8.26. The minimum atomic E-state index is -0.239. The lowest BCUT2D eigenvalue weighted by Gasteiger charge is -2.00. The Bertz CT molecular complexity index is 206. The van der Waals surface area contributed by atoms with Crippen LogP contribution in [0.2, 0.25) is 0 Å². The molecule has 0 amide bonds. The van der Waals surface area contributed by atoms with Crippen LogP contribution in [-0.4, -0.2) is 18.4 Å². The molecule has 0 aromatic carbocycles. The molecule has 0 atom stereocenters. The fourth-order valence-corrected chi connectivity index (χ4v) is 0.840. The van der Waals surface area contributed by atoms with Gasteiger partial charge in [-0.05, 0) is 25.8 Å². The maximum Gasteiger partial charge on any atom is 0.305 e. The quantitative estimate of drug-likeness (QED) is 0.467. The maximum absolute atomic E-state index is 11.0. The highest BCUT2D eigenvalue weighted by Crippen LogP contribution is 2.03. The van der Waals surface area contributed by atoms with E-state index in [-0.39, 0.29) is 11.8 Å². The second-order valence-corrected chi connectivity index (χ2v) is 2.86. The molecule has 0 bridgehead atoms. The van der Waals surface area contributed by atoms with Gasteiger partial charge >= 0.3 is 5.97 Å². The molecule has 0 N–H and O–H groups in total. The van der Waals surface area contributed by atoms with Gasteiger partial charge in [0.05, 0.1) is 6.61 Å². The number of hydrogen-bond donors (Lipinski definition) is 0. The summed E-state index contributed by atoms with van der Waals surface area (Å²) in [5.41, 5.74) is 0.545. The predicted octanol–water partition coefficient (Wildman–Crippen LogP) is 1.86. The average molecular weight is 184 g/mol. The van der Waals surface area contributed by atoms with Crippen LogP contribution in [0.25, 0.3) is 0 Å². The van der Waals surface area contributed by atoms with Crippen molar-refractivity contribution in [1.29, 1.82) is 0 Å². The molecular formula is C10H16O3. The Morgan fingerprint density at radius 2 is 1.92 bits per heavy atom. The third-order valence-electron chi connectivity index (χ3n) is 1.57. The molecule has 0 heterocycles. The van der Waals surface area contributed by atoms with E-state index in [0.29, 0.717) is 31.4 Å². The normalized spacial score (nSPS) is 9.38. The number of carbonyl (C=O) groups excluding carboxylic acids is 2. The summed E-state index contributed by atoms with van der Waals surface area (Å²) >= 11 is 0. The van der Waals surface area contributed by atoms with Crippen LogP contribution in [0.15, 0.2) is 12.2 Å². The Labute approximate surface area is 78.8 Å². The third kappa shape index (κ3) is 6.08. The van der Waals surface area contributed by atoms with Gasteiger partial charge in [-0.15, -0.1) is 0 Å². The van der Waals surface area contributed by atoms with Gasteiger partial charge in [0.25, 0.3) is 0 Å². The van der Waals surface area contributed by atoms with Gasteiger partial charge in [0.15, 0.2) is 5.78 Å². The molecule has 0 aromatic rings. The Kier molecular flexibility index (Phi) is 5.85. The SMILES string of the molecule is C=C(C)C(=O)CCCC(=O)OCC. The lowest BCUT2D eigenvalue weighted by atomic mass is 10.1. The first-order chi connectivity index (χ1) is 6.07. The van der Waals surface area contributed by atoms with Crippen molar-refractivity contribution >= 4 is 11.8 Å². The number of esters is 1. The van der Waals surface area contributed by atoms with Crippen molar-refractivity contribution in [2.45, 2.75) is 33.1 Å². The summed E-state index contributed by atoms with van der Waals surface area (Å²) in [5.74, 6) is -0.221. The first kappa shape index (κ1) is 11.9. The summed E-state index contributed by atoms with van der Waals surface area (Å²) in [6, 6.07) is 0. The molecule has 0 aliphatic rings. The largest absolute Gasteiger partial charge is 0.466 e. The minimum Gasteiger partial charge on any atom is -0.466 e. The molecule has 0 aromatic heterocycles. The standard InChI is InChI=1S/C10H16O3/c1-4-13-10(12)7-5-6-9(11)8(2)3/h2,4-7H2,1,3H3. The zero-order valence-corrected chi connectivity index (χ0v) is 8.26. The van der Waals surface area contributed by atoms with Crippen molar-refractivity contribution in [2.75, 3.05) is 6.61 Å². The summed E-state index contributed by atoms with van der Waals surface area (Å²) in [6.07, 6.45) is 1.24. The van der Waals surface area contributed by atoms with Crippen LogP contribution in [0.4, 0.5) is 0 Å². The summed E-state index contributed by atoms with van der Waals surface area (Å²) in [5, 5.41) is 0. The monoisotopic (exact) mass is 184 g/mol. The topological polar surface area (TPSA) is 43.4 Å². The van der Waals surface area contributed by atoms with Gasteiger partial charge in [-0.1, -0.05) is 6.58 Å². The van der Waals surface area contributed by atoms with E-state index in [9.17, 15) is 9.59 Å². The van der Waals surface area contributed by atoms with E-state index in [1.165, 1.54) is 0 Å². The molecule has 0 saturated carbocycles. The lowest BCUT2D eigenvalue weighted by molar-refractivity contribution is -0.143. The lowest BCUT2D eigenvalue weighted by Crippen LogP contribution is -2.05. The molecular weight excluding hydrogens is 168 g/mol. The zero-order chi connectivity index (χ0) is 10.3. The Hall–Kier alpha value is -1.12. The van der Waals surface area contributed by atoms with E-state index in [1.807, 2.05) is 0 Å². The molecule has 0 radical (unpaired) electrons. The highest BCUT2D eigenvalue weighted by atomic mass is 16.5. The first-order valence-corrected chi connectivity index (χ1v) is 4.42. The van der Waals surface area contributed by atoms with E-state index in [4.69, 9.17) is 4.74 Å². The molecule has 0 aliphatic heterocycles. The Balaban J connectivity index is 3.50. The molecule has 74 valence electrons. The van der Waals surface area contributed by atoms with E-state index < -0.39 is 0 Å². The van der Waals surface area contributed by atoms with E-state index in [2.05, 4.69) is 6.58 Å². The number of carbonyl (C=O) groups is 2. The highest BCUT2D eigenvalue weighted by Gasteiger charge is 2.05. The van der Waals surface area contributed by atoms with Crippen LogP contribution in [-0.2, 0) is 14.3 Å². The van der Waals surface area contributed by atoms with Gasteiger partial charge < -0.3 is 4.74 Å². The Morgan fingerprint density at radius 1 is 1.31 bits per heavy atom. The summed E-state index contributed by atoms with van der Waals surface area (Å²) < 4.78 is 4.71. The van der Waals surface area contributed by atoms with Crippen LogP contribution < -0.4 is 0 Å². The molecule has 0 aliphatic carbocycles. The van der Waals surface area contributed by atoms with Gasteiger partial charge in [0.1, 0.15) is 0 Å². The van der Waals surface area contributed by atoms with Gasteiger partial charge in [-0.25, -0.2) is 0 Å². The number of ether oxygens (including phenoxy) is 1. The second-order valence-electron chi connectivity index (χ2n) is 2.86. The minimum absolute atomic E-state index is 0.0179. The first-order valence-electron chi connectivity index (χ1n) is 4.42. The summed E-state index contributed by atoms with van der Waals surface area (Å²) in [7, 11) is 0. The van der Waals surface area contributed by atoms with Crippen LogP contribution in [0.1, 0.15) is 33.1 Å². The molecule has 13 heavy (non-hydrogen) atoms. The number of hydrogen-bond acceptors (Lipinski definition) is 3. The maximum atomic E-state index is 11.0. The van der Waals surface area contributed by atoms with E-state index in [0.717, 1.165) is 0 Å². The number of allylic oxidation sites excluding steroid dienone is 1. The van der Waals surface area contributed by atoms with Crippen molar-refractivity contribution in [3.63, 3.8) is 0 Å². The molecule has 0 spiro atoms. The molecule has 0 rings (SSSR count). The smallest absolute Gasteiger partial charge is 0.305 e. The molecule has 0 unspecified atom stereocenters. The van der Waals surface area contributed by atoms with E-state index in [1.54, 1.807) is 13.8 Å². The highest BCUT2D eigenvalue weighted by molar-refractivity contribution is 5.94. The van der Waals surface area contributed by atoms with Gasteiger partial charge in [0.2, 0.25) is 0 Å². The molecule has 0 fully saturated rings. The molecule has 3 heteroatoms. The van der Waals surface area contributed by atoms with E-state index >= 15 is 0 Å². The van der Waals surface area contributed by atoms with Crippen molar-refractivity contribution in [1.82, 2.24) is 0 Å². The van der Waals surface area contributed by atoms with Gasteiger partial charge in [-0.3, -0.25) is 9.59 Å². The Morgan fingerprint density at radius 3 is 2.38 bits per heavy atom. The molecule has 3 nitrogen and oxygen atoms in total. The van der Waals surface area contributed by atoms with Crippen molar-refractivity contribution in [3.05, 3.63) is 12.2 Å². The number of Topliss-reactive ketones (excluding diaryl/α,β-unsaturated/α-hetero) is 1. The van der Waals surface area contributed by atoms with Crippen LogP contribution in [0.3, 0.4) is 0 Å². The van der Waals surface area contributed by atoms with Gasteiger partial charge in [0, 0.05) is 12.8 Å². The second kappa shape index (κ2) is 6.40. The summed E-state index contributed by atoms with van der Waals surface area (Å²) in [4.78, 5) is 21.9. The fourth-order valence-electron chi connectivity index (χ4n) is 0.840. The predicted molar refractivity (Wildman–Crippen MR) is 50.3 cm³/mol. The number of rotatable bonds is 6. The van der Waals surface area contributed by atoms with Crippen LogP contribution >= 0.6 is 0 Å². The van der Waals surface area contributed by atoms with Crippen molar-refractivity contribution in [2.24, 2.45) is 0 Å².